The van der Waals surface area contributed by atoms with Crippen LogP contribution in [0.15, 0.2) is 17.5 Å². The Morgan fingerprint density at radius 1 is 1.38 bits per heavy atom. The molecule has 3 heteroatoms. The Hall–Kier alpha value is -0.380. The van der Waals surface area contributed by atoms with Gasteiger partial charge in [-0.3, -0.25) is 0 Å². The first-order valence-corrected chi connectivity index (χ1v) is 7.08. The van der Waals surface area contributed by atoms with Crippen LogP contribution in [-0.2, 0) is 6.54 Å². The minimum Gasteiger partial charge on any atom is -0.328 e. The second kappa shape index (κ2) is 5.80. The molecular formula is C13H22N2S. The van der Waals surface area contributed by atoms with Crippen molar-refractivity contribution in [2.24, 2.45) is 11.7 Å². The van der Waals surface area contributed by atoms with Gasteiger partial charge < -0.3 is 10.6 Å². The molecular weight excluding hydrogens is 216 g/mol. The van der Waals surface area contributed by atoms with Gasteiger partial charge in [-0.05, 0) is 50.1 Å². The maximum Gasteiger partial charge on any atom is 0.0324 e. The molecule has 0 bridgehead atoms. The van der Waals surface area contributed by atoms with Crippen molar-refractivity contribution in [2.75, 3.05) is 13.6 Å². The first kappa shape index (κ1) is 12.1. The molecule has 1 aromatic rings. The van der Waals surface area contributed by atoms with Crippen molar-refractivity contribution in [3.8, 4) is 0 Å². The number of nitrogens with zero attached hydrogens (tertiary/aromatic N) is 1. The topological polar surface area (TPSA) is 29.3 Å². The van der Waals surface area contributed by atoms with Crippen molar-refractivity contribution in [1.82, 2.24) is 4.90 Å². The molecule has 90 valence electrons. The van der Waals surface area contributed by atoms with Crippen LogP contribution in [0, 0.1) is 5.92 Å². The van der Waals surface area contributed by atoms with E-state index in [1.807, 2.05) is 11.3 Å². The van der Waals surface area contributed by atoms with Crippen LogP contribution in [0.2, 0.25) is 0 Å². The number of thiophene rings is 1. The molecule has 1 fully saturated rings. The van der Waals surface area contributed by atoms with Gasteiger partial charge >= 0.3 is 0 Å². The van der Waals surface area contributed by atoms with E-state index in [2.05, 4.69) is 29.5 Å². The van der Waals surface area contributed by atoms with Gasteiger partial charge in [-0.15, -0.1) is 11.3 Å². The molecule has 1 aliphatic rings. The van der Waals surface area contributed by atoms with Crippen molar-refractivity contribution >= 4 is 11.3 Å². The van der Waals surface area contributed by atoms with Gasteiger partial charge in [-0.25, -0.2) is 0 Å². The summed E-state index contributed by atoms with van der Waals surface area (Å²) < 4.78 is 0. The summed E-state index contributed by atoms with van der Waals surface area (Å²) in [6.07, 6.45) is 5.07. The van der Waals surface area contributed by atoms with Crippen LogP contribution in [0.5, 0.6) is 0 Å². The van der Waals surface area contributed by atoms with E-state index in [9.17, 15) is 0 Å². The summed E-state index contributed by atoms with van der Waals surface area (Å²) in [5, 5.41) is 2.16. The van der Waals surface area contributed by atoms with Crippen LogP contribution >= 0.6 is 11.3 Å². The lowest BCUT2D eigenvalue weighted by atomic mass is 9.86. The van der Waals surface area contributed by atoms with Crippen LogP contribution in [0.1, 0.15) is 30.6 Å². The maximum atomic E-state index is 5.93. The van der Waals surface area contributed by atoms with Gasteiger partial charge in [-0.2, -0.15) is 0 Å². The van der Waals surface area contributed by atoms with E-state index >= 15 is 0 Å². The summed E-state index contributed by atoms with van der Waals surface area (Å²) >= 11 is 1.85. The first-order valence-electron chi connectivity index (χ1n) is 6.20. The highest BCUT2D eigenvalue weighted by atomic mass is 32.1. The Balaban J connectivity index is 1.72. The SMILES string of the molecule is CN(Cc1cccs1)CC1CCC(N)CC1. The molecule has 1 aliphatic carbocycles. The largest absolute Gasteiger partial charge is 0.328 e. The van der Waals surface area contributed by atoms with Crippen LogP contribution in [0.3, 0.4) is 0 Å². The number of hydrogen-bond acceptors (Lipinski definition) is 3. The quantitative estimate of drug-likeness (QED) is 0.874. The lowest BCUT2D eigenvalue weighted by Crippen LogP contribution is -2.32. The van der Waals surface area contributed by atoms with Gasteiger partial charge in [0.25, 0.3) is 0 Å². The summed E-state index contributed by atoms with van der Waals surface area (Å²) in [4.78, 5) is 3.92. The molecule has 2 rings (SSSR count). The molecule has 0 saturated heterocycles. The van der Waals surface area contributed by atoms with Gasteiger partial charge in [0.1, 0.15) is 0 Å². The lowest BCUT2D eigenvalue weighted by Gasteiger charge is -2.29. The molecule has 0 aromatic carbocycles. The van der Waals surface area contributed by atoms with Crippen molar-refractivity contribution in [2.45, 2.75) is 38.3 Å². The molecule has 0 atom stereocenters. The molecule has 2 nitrogen and oxygen atoms in total. The van der Waals surface area contributed by atoms with Crippen LogP contribution in [0.25, 0.3) is 0 Å². The maximum absolute atomic E-state index is 5.93. The fourth-order valence-corrected chi connectivity index (χ4v) is 3.33. The third kappa shape index (κ3) is 3.58. The van der Waals surface area contributed by atoms with E-state index in [0.29, 0.717) is 6.04 Å². The Bertz CT molecular complexity index is 289. The summed E-state index contributed by atoms with van der Waals surface area (Å²) in [6, 6.07) is 4.82. The van der Waals surface area contributed by atoms with E-state index in [-0.39, 0.29) is 0 Å². The molecule has 1 heterocycles. The average molecular weight is 238 g/mol. The summed E-state index contributed by atoms with van der Waals surface area (Å²) in [5.74, 6) is 0.866. The number of nitrogens with two attached hydrogens (primary N) is 1. The minimum absolute atomic E-state index is 0.471. The van der Waals surface area contributed by atoms with Crippen LogP contribution < -0.4 is 5.73 Å². The highest BCUT2D eigenvalue weighted by molar-refractivity contribution is 7.09. The average Bonchev–Trinajstić information content (AvgIpc) is 2.74. The van der Waals surface area contributed by atoms with Gasteiger partial charge in [0.05, 0.1) is 0 Å². The number of rotatable bonds is 4. The molecule has 0 unspecified atom stereocenters. The molecule has 0 amide bonds. The van der Waals surface area contributed by atoms with E-state index < -0.39 is 0 Å². The van der Waals surface area contributed by atoms with E-state index in [0.717, 1.165) is 12.5 Å². The standard InChI is InChI=1S/C13H22N2S/c1-15(10-13-3-2-8-16-13)9-11-4-6-12(14)7-5-11/h2-3,8,11-12H,4-7,9-10,14H2,1H3. The molecule has 2 N–H and O–H groups in total. The molecule has 1 aromatic heterocycles. The number of hydrogen-bond donors (Lipinski definition) is 1. The minimum atomic E-state index is 0.471. The van der Waals surface area contributed by atoms with Crippen molar-refractivity contribution in [3.63, 3.8) is 0 Å². The highest BCUT2D eigenvalue weighted by Gasteiger charge is 2.19. The van der Waals surface area contributed by atoms with Crippen molar-refractivity contribution in [1.29, 1.82) is 0 Å². The van der Waals surface area contributed by atoms with Gasteiger partial charge in [0, 0.05) is 24.0 Å². The fourth-order valence-electron chi connectivity index (χ4n) is 2.54. The first-order chi connectivity index (χ1) is 7.74. The van der Waals surface area contributed by atoms with E-state index in [1.165, 1.54) is 37.1 Å². The lowest BCUT2D eigenvalue weighted by molar-refractivity contribution is 0.220. The van der Waals surface area contributed by atoms with Gasteiger partial charge in [0.2, 0.25) is 0 Å². The monoisotopic (exact) mass is 238 g/mol. The third-order valence-electron chi connectivity index (χ3n) is 3.47. The van der Waals surface area contributed by atoms with Crippen LogP contribution in [-0.4, -0.2) is 24.5 Å². The predicted molar refractivity (Wildman–Crippen MR) is 70.6 cm³/mol. The van der Waals surface area contributed by atoms with Crippen molar-refractivity contribution in [3.05, 3.63) is 22.4 Å². The van der Waals surface area contributed by atoms with E-state index in [1.54, 1.807) is 0 Å². The smallest absolute Gasteiger partial charge is 0.0324 e. The van der Waals surface area contributed by atoms with Crippen LogP contribution in [0.4, 0.5) is 0 Å². The Kier molecular flexibility index (Phi) is 4.38. The molecule has 1 saturated carbocycles. The third-order valence-corrected chi connectivity index (χ3v) is 4.33. The Morgan fingerprint density at radius 3 is 2.75 bits per heavy atom. The zero-order valence-corrected chi connectivity index (χ0v) is 10.9. The summed E-state index contributed by atoms with van der Waals surface area (Å²) in [7, 11) is 2.23. The normalized spacial score (nSPS) is 26.2. The van der Waals surface area contributed by atoms with Gasteiger partial charge in [-0.1, -0.05) is 6.07 Å². The van der Waals surface area contributed by atoms with Crippen molar-refractivity contribution < 1.29 is 0 Å². The van der Waals surface area contributed by atoms with E-state index in [4.69, 9.17) is 5.73 Å². The second-order valence-electron chi connectivity index (χ2n) is 5.06. The zero-order chi connectivity index (χ0) is 11.4. The predicted octanol–water partition coefficient (Wildman–Crippen LogP) is 2.70. The summed E-state index contributed by atoms with van der Waals surface area (Å²) in [6.45, 7) is 2.32. The fraction of sp³-hybridized carbons (Fsp3) is 0.692. The molecule has 0 spiro atoms. The Morgan fingerprint density at radius 2 is 2.12 bits per heavy atom. The summed E-state index contributed by atoms with van der Waals surface area (Å²) in [5.41, 5.74) is 5.93. The molecule has 16 heavy (non-hydrogen) atoms. The second-order valence-corrected chi connectivity index (χ2v) is 6.09. The zero-order valence-electron chi connectivity index (χ0n) is 10.1. The van der Waals surface area contributed by atoms with Gasteiger partial charge in [0.15, 0.2) is 0 Å². The highest BCUT2D eigenvalue weighted by Crippen LogP contribution is 2.24. The molecule has 0 aliphatic heterocycles. The Labute approximate surface area is 102 Å². The molecule has 0 radical (unpaired) electrons.